The van der Waals surface area contributed by atoms with E-state index in [1.807, 2.05) is 17.8 Å². The fraction of sp³-hybridized carbons (Fsp3) is 0.462. The maximum Gasteiger partial charge on any atom is 0.162 e. The molecule has 0 aliphatic carbocycles. The van der Waals surface area contributed by atoms with Crippen molar-refractivity contribution < 1.29 is 9.84 Å². The van der Waals surface area contributed by atoms with Crippen LogP contribution in [-0.4, -0.2) is 45.2 Å². The number of aromatic nitrogens is 3. The van der Waals surface area contributed by atoms with Crippen molar-refractivity contribution >= 4 is 22.7 Å². The van der Waals surface area contributed by atoms with Crippen molar-refractivity contribution in [3.63, 3.8) is 0 Å². The van der Waals surface area contributed by atoms with Crippen LogP contribution < -0.4 is 10.7 Å². The molecule has 8 nitrogen and oxygen atoms in total. The monoisotopic (exact) mass is 288 g/mol. The van der Waals surface area contributed by atoms with Gasteiger partial charge in [0.05, 0.1) is 18.1 Å². The number of amidine groups is 1. The molecule has 2 atom stereocenters. The number of aliphatic hydroxyl groups excluding tert-OH is 1. The summed E-state index contributed by atoms with van der Waals surface area (Å²) >= 11 is 0. The second-order valence-corrected chi connectivity index (χ2v) is 5.33. The van der Waals surface area contributed by atoms with Crippen molar-refractivity contribution in [1.82, 2.24) is 14.5 Å². The number of nitrogens with two attached hydrogens (primary N) is 1. The molecule has 2 aliphatic heterocycles. The van der Waals surface area contributed by atoms with E-state index in [-0.39, 0.29) is 18.9 Å². The first-order valence-electron chi connectivity index (χ1n) is 6.89. The molecule has 1 fully saturated rings. The Morgan fingerprint density at radius 1 is 1.43 bits per heavy atom. The van der Waals surface area contributed by atoms with E-state index in [2.05, 4.69) is 15.1 Å². The molecule has 0 aromatic carbocycles. The molecule has 0 saturated carbocycles. The largest absolute Gasteiger partial charge is 0.394 e. The second-order valence-electron chi connectivity index (χ2n) is 5.33. The molecule has 2 aliphatic rings. The van der Waals surface area contributed by atoms with E-state index in [0.29, 0.717) is 5.84 Å². The van der Waals surface area contributed by atoms with Gasteiger partial charge in [-0.15, -0.1) is 0 Å². The minimum absolute atomic E-state index is 0.0368. The molecule has 110 valence electrons. The van der Waals surface area contributed by atoms with Crippen LogP contribution in [0.1, 0.15) is 24.6 Å². The highest BCUT2D eigenvalue weighted by Crippen LogP contribution is 2.36. The van der Waals surface area contributed by atoms with Crippen LogP contribution in [0, 0.1) is 0 Å². The van der Waals surface area contributed by atoms with Crippen molar-refractivity contribution in [2.75, 3.05) is 18.7 Å². The molecule has 3 N–H and O–H groups in total. The van der Waals surface area contributed by atoms with E-state index < -0.39 is 0 Å². The lowest BCUT2D eigenvalue weighted by Gasteiger charge is -2.18. The predicted molar refractivity (Wildman–Crippen MR) is 76.9 cm³/mol. The first-order valence-corrected chi connectivity index (χ1v) is 6.89. The minimum Gasteiger partial charge on any atom is -0.394 e. The van der Waals surface area contributed by atoms with Crippen LogP contribution in [0.4, 0.5) is 5.82 Å². The molecule has 4 heterocycles. The lowest BCUT2D eigenvalue weighted by Crippen LogP contribution is -2.25. The van der Waals surface area contributed by atoms with Crippen LogP contribution in [0.2, 0.25) is 0 Å². The summed E-state index contributed by atoms with van der Waals surface area (Å²) in [5.41, 5.74) is 7.63. The molecular formula is C13H16N6O2. The van der Waals surface area contributed by atoms with Gasteiger partial charge < -0.3 is 20.1 Å². The van der Waals surface area contributed by atoms with Crippen LogP contribution in [0.3, 0.4) is 0 Å². The topological polar surface area (TPSA) is 102 Å². The molecule has 2 aromatic rings. The van der Waals surface area contributed by atoms with Gasteiger partial charge in [0.1, 0.15) is 18.2 Å². The van der Waals surface area contributed by atoms with Gasteiger partial charge in [0.2, 0.25) is 0 Å². The van der Waals surface area contributed by atoms with Gasteiger partial charge in [0, 0.05) is 18.8 Å². The molecule has 0 radical (unpaired) electrons. The summed E-state index contributed by atoms with van der Waals surface area (Å²) < 4.78 is 7.81. The normalized spacial score (nSPS) is 24.7. The summed E-state index contributed by atoms with van der Waals surface area (Å²) in [5.74, 6) is 1.18. The fourth-order valence-electron chi connectivity index (χ4n) is 3.02. The summed E-state index contributed by atoms with van der Waals surface area (Å²) in [5, 5.41) is 16.0. The van der Waals surface area contributed by atoms with Crippen LogP contribution in [-0.2, 0) is 4.74 Å². The number of hydrogen-bond donors (Lipinski definition) is 2. The number of nitrogens with zero attached hydrogens (tertiary/aromatic N) is 5. The zero-order chi connectivity index (χ0) is 14.6. The smallest absolute Gasteiger partial charge is 0.162 e. The quantitative estimate of drug-likeness (QED) is 0.817. The third-order valence-corrected chi connectivity index (χ3v) is 4.03. The van der Waals surface area contributed by atoms with Crippen molar-refractivity contribution in [2.45, 2.75) is 25.2 Å². The number of hydrogen-bond acceptors (Lipinski definition) is 7. The zero-order valence-corrected chi connectivity index (χ0v) is 11.6. The summed E-state index contributed by atoms with van der Waals surface area (Å²) in [6.45, 7) is 0.0368. The number of aliphatic hydroxyl groups is 1. The van der Waals surface area contributed by atoms with Crippen LogP contribution in [0.25, 0.3) is 11.0 Å². The number of anilines is 1. The van der Waals surface area contributed by atoms with E-state index in [0.717, 1.165) is 35.3 Å². The molecule has 21 heavy (non-hydrogen) atoms. The van der Waals surface area contributed by atoms with Gasteiger partial charge in [-0.3, -0.25) is 0 Å². The SMILES string of the molecule is CN1N=C(N)c2cn(C3CC[C@@H](CO)O3)c3ncnc1c23. The first kappa shape index (κ1) is 12.5. The van der Waals surface area contributed by atoms with Gasteiger partial charge in [-0.05, 0) is 12.8 Å². The van der Waals surface area contributed by atoms with E-state index in [9.17, 15) is 5.11 Å². The molecular weight excluding hydrogens is 272 g/mol. The molecule has 0 amide bonds. The maximum absolute atomic E-state index is 9.22. The highest BCUT2D eigenvalue weighted by atomic mass is 16.5. The number of hydrazone groups is 1. The lowest BCUT2D eigenvalue weighted by atomic mass is 10.2. The van der Waals surface area contributed by atoms with Crippen molar-refractivity contribution in [3.8, 4) is 0 Å². The Hall–Kier alpha value is -2.19. The Labute approximate surface area is 120 Å². The van der Waals surface area contributed by atoms with Crippen molar-refractivity contribution in [3.05, 3.63) is 18.1 Å². The lowest BCUT2D eigenvalue weighted by molar-refractivity contribution is -0.0204. The van der Waals surface area contributed by atoms with E-state index in [4.69, 9.17) is 10.5 Å². The van der Waals surface area contributed by atoms with Crippen molar-refractivity contribution in [1.29, 1.82) is 0 Å². The standard InChI is InChI=1S/C13H16N6O2/c1-18-12-10-8(11(14)17-18)4-19(13(10)16-6-15-12)9-3-2-7(5-20)21-9/h4,6-7,9,20H,2-3,5H2,1H3,(H2,14,17)/t7-,9?/m0/s1. The molecule has 4 rings (SSSR count). The van der Waals surface area contributed by atoms with Gasteiger partial charge in [-0.25, -0.2) is 15.0 Å². The molecule has 2 aromatic heterocycles. The number of rotatable bonds is 2. The number of ether oxygens (including phenoxy) is 1. The zero-order valence-electron chi connectivity index (χ0n) is 11.6. The summed E-state index contributed by atoms with van der Waals surface area (Å²) in [6, 6.07) is 0. The average Bonchev–Trinajstić information content (AvgIpc) is 3.09. The van der Waals surface area contributed by atoms with Gasteiger partial charge in [0.25, 0.3) is 0 Å². The molecule has 0 spiro atoms. The van der Waals surface area contributed by atoms with Gasteiger partial charge >= 0.3 is 0 Å². The third-order valence-electron chi connectivity index (χ3n) is 4.03. The van der Waals surface area contributed by atoms with Gasteiger partial charge in [-0.2, -0.15) is 5.10 Å². The fourth-order valence-corrected chi connectivity index (χ4v) is 3.02. The molecule has 1 unspecified atom stereocenters. The van der Waals surface area contributed by atoms with Crippen LogP contribution in [0.15, 0.2) is 17.6 Å². The van der Waals surface area contributed by atoms with Crippen molar-refractivity contribution in [2.24, 2.45) is 10.8 Å². The van der Waals surface area contributed by atoms with E-state index in [1.54, 1.807) is 5.01 Å². The van der Waals surface area contributed by atoms with E-state index in [1.165, 1.54) is 6.33 Å². The third kappa shape index (κ3) is 1.72. The Kier molecular flexibility index (Phi) is 2.63. The van der Waals surface area contributed by atoms with Gasteiger partial charge in [-0.1, -0.05) is 0 Å². The Bertz CT molecular complexity index is 740. The highest BCUT2D eigenvalue weighted by molar-refractivity contribution is 6.13. The predicted octanol–water partition coefficient (Wildman–Crippen LogP) is 0.171. The highest BCUT2D eigenvalue weighted by Gasteiger charge is 2.30. The second kappa shape index (κ2) is 4.40. The average molecular weight is 288 g/mol. The maximum atomic E-state index is 9.22. The molecule has 8 heteroatoms. The summed E-state index contributed by atoms with van der Waals surface area (Å²) in [4.78, 5) is 8.66. The Balaban J connectivity index is 1.88. The Morgan fingerprint density at radius 2 is 2.29 bits per heavy atom. The Morgan fingerprint density at radius 3 is 3.05 bits per heavy atom. The molecule has 1 saturated heterocycles. The van der Waals surface area contributed by atoms with Crippen LogP contribution in [0.5, 0.6) is 0 Å². The summed E-state index contributed by atoms with van der Waals surface area (Å²) in [6.07, 6.45) is 4.84. The van der Waals surface area contributed by atoms with E-state index >= 15 is 0 Å². The van der Waals surface area contributed by atoms with Crippen LogP contribution >= 0.6 is 0 Å². The minimum atomic E-state index is -0.141. The summed E-state index contributed by atoms with van der Waals surface area (Å²) in [7, 11) is 1.81. The first-order chi connectivity index (χ1) is 10.2. The van der Waals surface area contributed by atoms with Gasteiger partial charge in [0.15, 0.2) is 11.7 Å². The molecule has 0 bridgehead atoms.